The fourth-order valence-electron chi connectivity index (χ4n) is 1.36. The number of nitrogens with one attached hydrogen (secondary N) is 2. The van der Waals surface area contributed by atoms with Crippen molar-refractivity contribution in [1.82, 2.24) is 15.3 Å². The van der Waals surface area contributed by atoms with Crippen molar-refractivity contribution in [3.63, 3.8) is 0 Å². The van der Waals surface area contributed by atoms with Crippen LogP contribution in [0.5, 0.6) is 5.88 Å². The van der Waals surface area contributed by atoms with Gasteiger partial charge < -0.3 is 15.4 Å². The summed E-state index contributed by atoms with van der Waals surface area (Å²) in [7, 11) is 0. The van der Waals surface area contributed by atoms with Gasteiger partial charge in [-0.15, -0.1) is 0 Å². The van der Waals surface area contributed by atoms with Crippen LogP contribution in [-0.4, -0.2) is 35.1 Å². The standard InChI is InChI=1S/C13H22N4O2/c1-5-19-11-6-7-14-13(17-11)16-10(4)12(18)15-8-9(2)3/h6-7,9-10H,5,8H2,1-4H3,(H,15,18)(H,14,16,17). The average molecular weight is 266 g/mol. The van der Waals surface area contributed by atoms with Crippen molar-refractivity contribution >= 4 is 11.9 Å². The van der Waals surface area contributed by atoms with E-state index in [1.807, 2.05) is 20.8 Å². The third-order valence-electron chi connectivity index (χ3n) is 2.35. The summed E-state index contributed by atoms with van der Waals surface area (Å²) in [4.78, 5) is 20.0. The maximum Gasteiger partial charge on any atom is 0.242 e. The van der Waals surface area contributed by atoms with E-state index in [9.17, 15) is 4.79 Å². The fourth-order valence-corrected chi connectivity index (χ4v) is 1.36. The summed E-state index contributed by atoms with van der Waals surface area (Å²) in [5.41, 5.74) is 0. The Morgan fingerprint density at radius 2 is 2.16 bits per heavy atom. The van der Waals surface area contributed by atoms with E-state index in [1.165, 1.54) is 0 Å². The summed E-state index contributed by atoms with van der Waals surface area (Å²) in [6.45, 7) is 8.95. The van der Waals surface area contributed by atoms with Crippen LogP contribution in [-0.2, 0) is 4.79 Å². The highest BCUT2D eigenvalue weighted by molar-refractivity contribution is 5.83. The van der Waals surface area contributed by atoms with Crippen LogP contribution in [0.15, 0.2) is 12.3 Å². The lowest BCUT2D eigenvalue weighted by Gasteiger charge is -2.15. The Labute approximate surface area is 114 Å². The highest BCUT2D eigenvalue weighted by Crippen LogP contribution is 2.09. The molecule has 1 aromatic heterocycles. The number of aromatic nitrogens is 2. The van der Waals surface area contributed by atoms with E-state index in [4.69, 9.17) is 4.74 Å². The highest BCUT2D eigenvalue weighted by Gasteiger charge is 2.13. The lowest BCUT2D eigenvalue weighted by atomic mass is 10.2. The highest BCUT2D eigenvalue weighted by atomic mass is 16.5. The lowest BCUT2D eigenvalue weighted by Crippen LogP contribution is -2.39. The number of ether oxygens (including phenoxy) is 1. The Hall–Kier alpha value is -1.85. The molecule has 1 heterocycles. The number of amides is 1. The quantitative estimate of drug-likeness (QED) is 0.781. The third kappa shape index (κ3) is 5.54. The Kier molecular flexibility index (Phi) is 6.05. The number of carbonyl (C=O) groups is 1. The molecule has 6 heteroatoms. The van der Waals surface area contributed by atoms with Crippen molar-refractivity contribution in [2.24, 2.45) is 5.92 Å². The van der Waals surface area contributed by atoms with Crippen LogP contribution in [0.3, 0.4) is 0 Å². The first-order valence-electron chi connectivity index (χ1n) is 6.53. The Bertz CT molecular complexity index is 409. The number of rotatable bonds is 7. The van der Waals surface area contributed by atoms with Crippen molar-refractivity contribution in [2.75, 3.05) is 18.5 Å². The molecule has 106 valence electrons. The molecule has 0 fully saturated rings. The van der Waals surface area contributed by atoms with Gasteiger partial charge in [0.1, 0.15) is 6.04 Å². The normalized spacial score (nSPS) is 12.1. The van der Waals surface area contributed by atoms with E-state index in [2.05, 4.69) is 20.6 Å². The molecule has 2 N–H and O–H groups in total. The molecule has 0 bridgehead atoms. The second-order valence-electron chi connectivity index (χ2n) is 4.66. The molecule has 1 rings (SSSR count). The molecule has 1 amide bonds. The summed E-state index contributed by atoms with van der Waals surface area (Å²) in [6, 6.07) is 1.29. The molecular weight excluding hydrogens is 244 g/mol. The van der Waals surface area contributed by atoms with Crippen LogP contribution < -0.4 is 15.4 Å². The molecular formula is C13H22N4O2. The van der Waals surface area contributed by atoms with Crippen LogP contribution in [0.2, 0.25) is 0 Å². The molecule has 0 radical (unpaired) electrons. The number of carbonyl (C=O) groups excluding carboxylic acids is 1. The zero-order chi connectivity index (χ0) is 14.3. The van der Waals surface area contributed by atoms with Crippen LogP contribution in [0.4, 0.5) is 5.95 Å². The van der Waals surface area contributed by atoms with Gasteiger partial charge in [0.2, 0.25) is 17.7 Å². The molecule has 0 saturated carbocycles. The van der Waals surface area contributed by atoms with E-state index in [-0.39, 0.29) is 5.91 Å². The van der Waals surface area contributed by atoms with E-state index in [0.717, 1.165) is 0 Å². The van der Waals surface area contributed by atoms with Gasteiger partial charge in [-0.1, -0.05) is 13.8 Å². The first-order valence-corrected chi connectivity index (χ1v) is 6.53. The third-order valence-corrected chi connectivity index (χ3v) is 2.35. The van der Waals surface area contributed by atoms with E-state index < -0.39 is 6.04 Å². The van der Waals surface area contributed by atoms with Gasteiger partial charge in [0.15, 0.2) is 0 Å². The Balaban J connectivity index is 2.53. The minimum atomic E-state index is -0.393. The molecule has 0 aliphatic rings. The molecule has 1 unspecified atom stereocenters. The predicted octanol–water partition coefficient (Wildman–Crippen LogP) is 1.45. The van der Waals surface area contributed by atoms with Gasteiger partial charge >= 0.3 is 0 Å². The molecule has 19 heavy (non-hydrogen) atoms. The van der Waals surface area contributed by atoms with Crippen molar-refractivity contribution in [1.29, 1.82) is 0 Å². The van der Waals surface area contributed by atoms with Gasteiger partial charge in [-0.25, -0.2) is 4.98 Å². The molecule has 0 aromatic carbocycles. The van der Waals surface area contributed by atoms with Gasteiger partial charge in [-0.3, -0.25) is 4.79 Å². The fraction of sp³-hybridized carbons (Fsp3) is 0.615. The first-order chi connectivity index (χ1) is 9.02. The molecule has 0 saturated heterocycles. The van der Waals surface area contributed by atoms with Crippen LogP contribution in [0.25, 0.3) is 0 Å². The molecule has 6 nitrogen and oxygen atoms in total. The lowest BCUT2D eigenvalue weighted by molar-refractivity contribution is -0.121. The van der Waals surface area contributed by atoms with Gasteiger partial charge in [-0.2, -0.15) is 4.98 Å². The van der Waals surface area contributed by atoms with Crippen LogP contribution >= 0.6 is 0 Å². The zero-order valence-electron chi connectivity index (χ0n) is 11.9. The second-order valence-corrected chi connectivity index (χ2v) is 4.66. The van der Waals surface area contributed by atoms with E-state index >= 15 is 0 Å². The smallest absolute Gasteiger partial charge is 0.242 e. The summed E-state index contributed by atoms with van der Waals surface area (Å²) < 4.78 is 5.28. The Morgan fingerprint density at radius 1 is 1.42 bits per heavy atom. The monoisotopic (exact) mass is 266 g/mol. The van der Waals surface area contributed by atoms with Gasteiger partial charge in [-0.05, 0) is 19.8 Å². The number of nitrogens with zero attached hydrogens (tertiary/aromatic N) is 2. The maximum atomic E-state index is 11.8. The number of anilines is 1. The maximum absolute atomic E-state index is 11.8. The average Bonchev–Trinajstić information content (AvgIpc) is 2.36. The van der Waals surface area contributed by atoms with Crippen molar-refractivity contribution in [3.05, 3.63) is 12.3 Å². The minimum Gasteiger partial charge on any atom is -0.478 e. The van der Waals surface area contributed by atoms with Gasteiger partial charge in [0, 0.05) is 18.8 Å². The second kappa shape index (κ2) is 7.56. The summed E-state index contributed by atoms with van der Waals surface area (Å²) in [5, 5.41) is 5.80. The summed E-state index contributed by atoms with van der Waals surface area (Å²) >= 11 is 0. The summed E-state index contributed by atoms with van der Waals surface area (Å²) in [5.74, 6) is 1.24. The first kappa shape index (κ1) is 15.2. The molecule has 1 aromatic rings. The van der Waals surface area contributed by atoms with Crippen molar-refractivity contribution < 1.29 is 9.53 Å². The van der Waals surface area contributed by atoms with Crippen LogP contribution in [0, 0.1) is 5.92 Å². The van der Waals surface area contributed by atoms with E-state index in [0.29, 0.717) is 30.9 Å². The minimum absolute atomic E-state index is 0.0703. The van der Waals surface area contributed by atoms with Gasteiger partial charge in [0.05, 0.1) is 6.61 Å². The SMILES string of the molecule is CCOc1ccnc(NC(C)C(=O)NCC(C)C)n1. The molecule has 0 aliphatic heterocycles. The van der Waals surface area contributed by atoms with Crippen LogP contribution in [0.1, 0.15) is 27.7 Å². The van der Waals surface area contributed by atoms with E-state index in [1.54, 1.807) is 19.2 Å². The molecule has 0 spiro atoms. The molecule has 1 atom stereocenters. The summed E-state index contributed by atoms with van der Waals surface area (Å²) in [6.07, 6.45) is 1.60. The predicted molar refractivity (Wildman–Crippen MR) is 74.1 cm³/mol. The topological polar surface area (TPSA) is 76.1 Å². The zero-order valence-corrected chi connectivity index (χ0v) is 11.9. The van der Waals surface area contributed by atoms with Crippen molar-refractivity contribution in [2.45, 2.75) is 33.7 Å². The van der Waals surface area contributed by atoms with Gasteiger partial charge in [0.25, 0.3) is 0 Å². The Morgan fingerprint density at radius 3 is 2.79 bits per heavy atom. The molecule has 0 aliphatic carbocycles. The largest absolute Gasteiger partial charge is 0.478 e. The number of hydrogen-bond acceptors (Lipinski definition) is 5. The number of hydrogen-bond donors (Lipinski definition) is 2. The van der Waals surface area contributed by atoms with Crippen molar-refractivity contribution in [3.8, 4) is 5.88 Å².